The minimum absolute atomic E-state index is 0.225. The maximum atomic E-state index is 10.3. The summed E-state index contributed by atoms with van der Waals surface area (Å²) in [7, 11) is 0. The molecular formula is C13H17NO. The highest BCUT2D eigenvalue weighted by Gasteiger charge is 2.26. The second-order valence-electron chi connectivity index (χ2n) is 3.53. The van der Waals surface area contributed by atoms with Gasteiger partial charge in [0.2, 0.25) is 0 Å². The first kappa shape index (κ1) is 11.8. The van der Waals surface area contributed by atoms with Gasteiger partial charge in [-0.05, 0) is 18.9 Å². The zero-order valence-corrected chi connectivity index (χ0v) is 9.03. The van der Waals surface area contributed by atoms with Crippen LogP contribution in [-0.2, 0) is 5.60 Å². The average Bonchev–Trinajstić information content (AvgIpc) is 2.30. The Kier molecular flexibility index (Phi) is 4.36. The van der Waals surface area contributed by atoms with Gasteiger partial charge in [-0.1, -0.05) is 30.3 Å². The zero-order chi connectivity index (χ0) is 11.1. The highest BCUT2D eigenvalue weighted by atomic mass is 16.3. The Hall–Kier alpha value is -1.30. The standard InChI is InChI=1S/C13H17NO/c1-2-3-7-10-13(15,11-14)12-8-5-4-6-9-12/h4-6,8-9,15H,7,10-11,14H2,1H3. The van der Waals surface area contributed by atoms with Crippen molar-refractivity contribution < 1.29 is 5.11 Å². The maximum Gasteiger partial charge on any atom is 0.103 e. The smallest absolute Gasteiger partial charge is 0.103 e. The first-order valence-corrected chi connectivity index (χ1v) is 5.10. The van der Waals surface area contributed by atoms with Crippen molar-refractivity contribution in [1.82, 2.24) is 0 Å². The van der Waals surface area contributed by atoms with Gasteiger partial charge in [-0.3, -0.25) is 0 Å². The van der Waals surface area contributed by atoms with Crippen molar-refractivity contribution in [3.63, 3.8) is 0 Å². The van der Waals surface area contributed by atoms with Crippen molar-refractivity contribution in [3.8, 4) is 11.8 Å². The Morgan fingerprint density at radius 1 is 1.33 bits per heavy atom. The van der Waals surface area contributed by atoms with Crippen LogP contribution in [-0.4, -0.2) is 11.7 Å². The molecule has 0 amide bonds. The molecule has 0 aliphatic heterocycles. The molecule has 2 heteroatoms. The molecule has 1 aromatic rings. The molecule has 0 spiro atoms. The number of hydrogen-bond acceptors (Lipinski definition) is 2. The third-order valence-electron chi connectivity index (χ3n) is 2.49. The molecule has 3 N–H and O–H groups in total. The Labute approximate surface area is 91.1 Å². The lowest BCUT2D eigenvalue weighted by molar-refractivity contribution is 0.0382. The molecule has 0 saturated carbocycles. The van der Waals surface area contributed by atoms with Crippen LogP contribution in [0.15, 0.2) is 30.3 Å². The largest absolute Gasteiger partial charge is 0.384 e. The lowest BCUT2D eigenvalue weighted by Gasteiger charge is -2.26. The summed E-state index contributed by atoms with van der Waals surface area (Å²) in [4.78, 5) is 0. The van der Waals surface area contributed by atoms with Gasteiger partial charge in [0.25, 0.3) is 0 Å². The molecule has 2 nitrogen and oxygen atoms in total. The van der Waals surface area contributed by atoms with E-state index in [0.717, 1.165) is 5.56 Å². The molecule has 0 saturated heterocycles. The normalized spacial score (nSPS) is 13.8. The zero-order valence-electron chi connectivity index (χ0n) is 9.03. The van der Waals surface area contributed by atoms with Gasteiger partial charge in [-0.15, -0.1) is 11.8 Å². The van der Waals surface area contributed by atoms with E-state index in [1.54, 1.807) is 6.92 Å². The minimum atomic E-state index is -0.939. The van der Waals surface area contributed by atoms with Crippen LogP contribution < -0.4 is 5.73 Å². The van der Waals surface area contributed by atoms with Crippen molar-refractivity contribution >= 4 is 0 Å². The quantitative estimate of drug-likeness (QED) is 0.731. The average molecular weight is 203 g/mol. The van der Waals surface area contributed by atoms with E-state index in [0.29, 0.717) is 12.8 Å². The van der Waals surface area contributed by atoms with Crippen molar-refractivity contribution in [1.29, 1.82) is 0 Å². The van der Waals surface area contributed by atoms with Crippen LogP contribution in [0.5, 0.6) is 0 Å². The van der Waals surface area contributed by atoms with Crippen LogP contribution in [0.3, 0.4) is 0 Å². The lowest BCUT2D eigenvalue weighted by atomic mass is 9.89. The molecule has 0 radical (unpaired) electrons. The fourth-order valence-corrected chi connectivity index (χ4v) is 1.51. The number of aliphatic hydroxyl groups is 1. The topological polar surface area (TPSA) is 46.2 Å². The Balaban J connectivity index is 2.79. The highest BCUT2D eigenvalue weighted by molar-refractivity contribution is 5.23. The number of benzene rings is 1. The van der Waals surface area contributed by atoms with E-state index in [9.17, 15) is 5.11 Å². The Bertz CT molecular complexity index is 350. The monoisotopic (exact) mass is 203 g/mol. The number of hydrogen-bond donors (Lipinski definition) is 2. The predicted molar refractivity (Wildman–Crippen MR) is 62.1 cm³/mol. The van der Waals surface area contributed by atoms with E-state index < -0.39 is 5.60 Å². The van der Waals surface area contributed by atoms with Gasteiger partial charge in [0, 0.05) is 13.0 Å². The predicted octanol–water partition coefficient (Wildman–Crippen LogP) is 1.64. The van der Waals surface area contributed by atoms with E-state index in [1.807, 2.05) is 30.3 Å². The van der Waals surface area contributed by atoms with E-state index in [1.165, 1.54) is 0 Å². The fourth-order valence-electron chi connectivity index (χ4n) is 1.51. The van der Waals surface area contributed by atoms with Gasteiger partial charge in [0.15, 0.2) is 0 Å². The van der Waals surface area contributed by atoms with Crippen molar-refractivity contribution in [2.24, 2.45) is 5.73 Å². The van der Waals surface area contributed by atoms with Gasteiger partial charge < -0.3 is 10.8 Å². The molecule has 1 aromatic carbocycles. The molecule has 1 atom stereocenters. The lowest BCUT2D eigenvalue weighted by Crippen LogP contribution is -2.34. The molecule has 0 fully saturated rings. The van der Waals surface area contributed by atoms with Gasteiger partial charge in [0.1, 0.15) is 5.60 Å². The maximum absolute atomic E-state index is 10.3. The van der Waals surface area contributed by atoms with Crippen LogP contribution in [0, 0.1) is 11.8 Å². The van der Waals surface area contributed by atoms with Gasteiger partial charge in [-0.25, -0.2) is 0 Å². The summed E-state index contributed by atoms with van der Waals surface area (Å²) in [6.45, 7) is 2.02. The summed E-state index contributed by atoms with van der Waals surface area (Å²) in [5.41, 5.74) is 5.55. The SMILES string of the molecule is CC#CCCC(O)(CN)c1ccccc1. The van der Waals surface area contributed by atoms with Gasteiger partial charge in [0.05, 0.1) is 0 Å². The summed E-state index contributed by atoms with van der Waals surface area (Å²) in [6, 6.07) is 9.52. The molecule has 0 aliphatic carbocycles. The van der Waals surface area contributed by atoms with Gasteiger partial charge in [-0.2, -0.15) is 0 Å². The number of rotatable bonds is 4. The van der Waals surface area contributed by atoms with Crippen molar-refractivity contribution in [2.45, 2.75) is 25.4 Å². The molecule has 0 bridgehead atoms. The minimum Gasteiger partial charge on any atom is -0.384 e. The van der Waals surface area contributed by atoms with Gasteiger partial charge >= 0.3 is 0 Å². The second kappa shape index (κ2) is 5.55. The Morgan fingerprint density at radius 3 is 2.53 bits per heavy atom. The fraction of sp³-hybridized carbons (Fsp3) is 0.385. The molecule has 80 valence electrons. The Morgan fingerprint density at radius 2 is 2.00 bits per heavy atom. The second-order valence-corrected chi connectivity index (χ2v) is 3.53. The first-order chi connectivity index (χ1) is 7.23. The number of nitrogens with two attached hydrogens (primary N) is 1. The third kappa shape index (κ3) is 3.09. The van der Waals surface area contributed by atoms with Crippen molar-refractivity contribution in [3.05, 3.63) is 35.9 Å². The molecule has 1 rings (SSSR count). The van der Waals surface area contributed by atoms with E-state index in [2.05, 4.69) is 11.8 Å². The third-order valence-corrected chi connectivity index (χ3v) is 2.49. The molecule has 0 heterocycles. The van der Waals surface area contributed by atoms with Crippen molar-refractivity contribution in [2.75, 3.05) is 6.54 Å². The molecule has 0 aromatic heterocycles. The summed E-state index contributed by atoms with van der Waals surface area (Å²) < 4.78 is 0. The van der Waals surface area contributed by atoms with E-state index in [-0.39, 0.29) is 6.54 Å². The first-order valence-electron chi connectivity index (χ1n) is 5.10. The van der Waals surface area contributed by atoms with Crippen LogP contribution in [0.4, 0.5) is 0 Å². The molecule has 15 heavy (non-hydrogen) atoms. The summed E-state index contributed by atoms with van der Waals surface area (Å²) in [5, 5.41) is 10.3. The molecule has 0 aliphatic rings. The van der Waals surface area contributed by atoms with E-state index >= 15 is 0 Å². The molecular weight excluding hydrogens is 186 g/mol. The highest BCUT2D eigenvalue weighted by Crippen LogP contribution is 2.24. The molecule has 1 unspecified atom stereocenters. The van der Waals surface area contributed by atoms with Crippen LogP contribution in [0.1, 0.15) is 25.3 Å². The van der Waals surface area contributed by atoms with Crippen LogP contribution >= 0.6 is 0 Å². The van der Waals surface area contributed by atoms with E-state index in [4.69, 9.17) is 5.73 Å². The summed E-state index contributed by atoms with van der Waals surface area (Å²) in [5.74, 6) is 5.76. The van der Waals surface area contributed by atoms with Crippen LogP contribution in [0.25, 0.3) is 0 Å². The summed E-state index contributed by atoms with van der Waals surface area (Å²) in [6.07, 6.45) is 1.24. The summed E-state index contributed by atoms with van der Waals surface area (Å²) >= 11 is 0. The van der Waals surface area contributed by atoms with Crippen LogP contribution in [0.2, 0.25) is 0 Å².